The summed E-state index contributed by atoms with van der Waals surface area (Å²) < 4.78 is 0. The summed E-state index contributed by atoms with van der Waals surface area (Å²) in [5.74, 6) is -0.432. The zero-order chi connectivity index (χ0) is 18.4. The second-order valence-electron chi connectivity index (χ2n) is 5.97. The molecule has 1 unspecified atom stereocenters. The number of amides is 2. The minimum Gasteiger partial charge on any atom is -0.354 e. The van der Waals surface area contributed by atoms with Gasteiger partial charge < -0.3 is 10.6 Å². The Morgan fingerprint density at radius 3 is 2.48 bits per heavy atom. The molecule has 0 bridgehead atoms. The van der Waals surface area contributed by atoms with Gasteiger partial charge in [0.1, 0.15) is 15.9 Å². The number of thiazole rings is 1. The van der Waals surface area contributed by atoms with Crippen LogP contribution in [0.15, 0.2) is 24.3 Å². The molecule has 0 radical (unpaired) electrons. The van der Waals surface area contributed by atoms with E-state index in [2.05, 4.69) is 34.7 Å². The number of aromatic nitrogens is 1. The smallest absolute Gasteiger partial charge is 0.263 e. The largest absolute Gasteiger partial charge is 0.354 e. The summed E-state index contributed by atoms with van der Waals surface area (Å²) in [7, 11) is 0. The quantitative estimate of drug-likeness (QED) is 0.796. The Labute approximate surface area is 152 Å². The molecule has 25 heavy (non-hydrogen) atoms. The lowest BCUT2D eigenvalue weighted by Gasteiger charge is -2.13. The molecule has 0 aliphatic carbocycles. The second-order valence-corrected chi connectivity index (χ2v) is 6.97. The first-order valence-corrected chi connectivity index (χ1v) is 9.43. The predicted molar refractivity (Wildman–Crippen MR) is 102 cm³/mol. The SMILES string of the molecule is CCCNC(=O)C(C)NC(=O)c1sc(-c2ccc(CC)cc2)nc1C. The molecule has 134 valence electrons. The highest BCUT2D eigenvalue weighted by Crippen LogP contribution is 2.28. The van der Waals surface area contributed by atoms with E-state index in [1.165, 1.54) is 16.9 Å². The van der Waals surface area contributed by atoms with Gasteiger partial charge in [-0.3, -0.25) is 9.59 Å². The zero-order valence-corrected chi connectivity index (χ0v) is 16.0. The number of nitrogens with one attached hydrogen (secondary N) is 2. The van der Waals surface area contributed by atoms with Gasteiger partial charge in [-0.25, -0.2) is 4.98 Å². The molecule has 2 rings (SSSR count). The summed E-state index contributed by atoms with van der Waals surface area (Å²) in [5.41, 5.74) is 2.94. The second kappa shape index (κ2) is 8.76. The number of nitrogens with zero attached hydrogens (tertiary/aromatic N) is 1. The fourth-order valence-electron chi connectivity index (χ4n) is 2.34. The molecule has 6 heteroatoms. The lowest BCUT2D eigenvalue weighted by molar-refractivity contribution is -0.122. The molecule has 0 saturated carbocycles. The van der Waals surface area contributed by atoms with E-state index in [0.717, 1.165) is 23.4 Å². The molecule has 1 heterocycles. The third-order valence-corrected chi connectivity index (χ3v) is 5.11. The van der Waals surface area contributed by atoms with Gasteiger partial charge in [-0.1, -0.05) is 38.1 Å². The van der Waals surface area contributed by atoms with Crippen LogP contribution in [0.4, 0.5) is 0 Å². The van der Waals surface area contributed by atoms with E-state index in [9.17, 15) is 9.59 Å². The summed E-state index contributed by atoms with van der Waals surface area (Å²) in [5, 5.41) is 6.34. The van der Waals surface area contributed by atoms with E-state index in [1.54, 1.807) is 6.92 Å². The van der Waals surface area contributed by atoms with E-state index < -0.39 is 6.04 Å². The van der Waals surface area contributed by atoms with Crippen molar-refractivity contribution in [3.8, 4) is 10.6 Å². The van der Waals surface area contributed by atoms with Crippen molar-refractivity contribution in [2.24, 2.45) is 0 Å². The van der Waals surface area contributed by atoms with Gasteiger partial charge in [0.25, 0.3) is 5.91 Å². The molecule has 0 aliphatic rings. The van der Waals surface area contributed by atoms with Crippen LogP contribution in [-0.4, -0.2) is 29.4 Å². The molecule has 0 saturated heterocycles. The monoisotopic (exact) mass is 359 g/mol. The van der Waals surface area contributed by atoms with Crippen molar-refractivity contribution in [2.45, 2.75) is 46.6 Å². The number of hydrogen-bond acceptors (Lipinski definition) is 4. The number of carbonyl (C=O) groups is 2. The van der Waals surface area contributed by atoms with Gasteiger partial charge in [-0.15, -0.1) is 11.3 Å². The summed E-state index contributed by atoms with van der Waals surface area (Å²) >= 11 is 1.35. The van der Waals surface area contributed by atoms with Crippen LogP contribution in [0, 0.1) is 6.92 Å². The van der Waals surface area contributed by atoms with Gasteiger partial charge in [0.15, 0.2) is 0 Å². The maximum absolute atomic E-state index is 12.5. The maximum atomic E-state index is 12.5. The Bertz CT molecular complexity index is 738. The minimum absolute atomic E-state index is 0.173. The van der Waals surface area contributed by atoms with E-state index in [4.69, 9.17) is 0 Å². The van der Waals surface area contributed by atoms with Crippen LogP contribution in [0.25, 0.3) is 10.6 Å². The molecule has 0 fully saturated rings. The van der Waals surface area contributed by atoms with Gasteiger partial charge in [-0.2, -0.15) is 0 Å². The molecular weight excluding hydrogens is 334 g/mol. The van der Waals surface area contributed by atoms with Crippen LogP contribution in [0.2, 0.25) is 0 Å². The van der Waals surface area contributed by atoms with Crippen LogP contribution in [-0.2, 0) is 11.2 Å². The van der Waals surface area contributed by atoms with Crippen LogP contribution < -0.4 is 10.6 Å². The van der Waals surface area contributed by atoms with Crippen molar-refractivity contribution >= 4 is 23.2 Å². The number of benzene rings is 1. The first-order chi connectivity index (χ1) is 12.0. The number of carbonyl (C=O) groups excluding carboxylic acids is 2. The van der Waals surface area contributed by atoms with Crippen LogP contribution in [0.5, 0.6) is 0 Å². The van der Waals surface area contributed by atoms with Crippen molar-refractivity contribution < 1.29 is 9.59 Å². The van der Waals surface area contributed by atoms with Crippen LogP contribution >= 0.6 is 11.3 Å². The minimum atomic E-state index is -0.576. The average molecular weight is 359 g/mol. The van der Waals surface area contributed by atoms with Crippen molar-refractivity contribution in [3.63, 3.8) is 0 Å². The first kappa shape index (κ1) is 19.1. The van der Waals surface area contributed by atoms with Crippen molar-refractivity contribution in [1.29, 1.82) is 0 Å². The Kier molecular flexibility index (Phi) is 6.70. The molecule has 1 aromatic heterocycles. The molecule has 0 aliphatic heterocycles. The molecule has 5 nitrogen and oxygen atoms in total. The Morgan fingerprint density at radius 2 is 1.88 bits per heavy atom. The topological polar surface area (TPSA) is 71.1 Å². The molecule has 1 aromatic carbocycles. The number of aryl methyl sites for hydroxylation is 2. The van der Waals surface area contributed by atoms with E-state index in [-0.39, 0.29) is 11.8 Å². The summed E-state index contributed by atoms with van der Waals surface area (Å²) in [6.07, 6.45) is 1.85. The maximum Gasteiger partial charge on any atom is 0.263 e. The third kappa shape index (κ3) is 4.89. The molecule has 2 amide bonds. The highest BCUT2D eigenvalue weighted by molar-refractivity contribution is 7.17. The normalized spacial score (nSPS) is 11.8. The van der Waals surface area contributed by atoms with Crippen LogP contribution in [0.1, 0.15) is 48.1 Å². The van der Waals surface area contributed by atoms with Gasteiger partial charge in [0, 0.05) is 12.1 Å². The fourth-order valence-corrected chi connectivity index (χ4v) is 3.32. The summed E-state index contributed by atoms with van der Waals surface area (Å²) in [4.78, 5) is 29.4. The molecule has 1 atom stereocenters. The van der Waals surface area contributed by atoms with Crippen molar-refractivity contribution in [3.05, 3.63) is 40.4 Å². The summed E-state index contributed by atoms with van der Waals surface area (Å²) in [6, 6.07) is 7.63. The highest BCUT2D eigenvalue weighted by atomic mass is 32.1. The van der Waals surface area contributed by atoms with Gasteiger partial charge >= 0.3 is 0 Å². The van der Waals surface area contributed by atoms with Crippen LogP contribution in [0.3, 0.4) is 0 Å². The van der Waals surface area contributed by atoms with E-state index in [0.29, 0.717) is 17.1 Å². The summed E-state index contributed by atoms with van der Waals surface area (Å²) in [6.45, 7) is 8.21. The van der Waals surface area contributed by atoms with E-state index >= 15 is 0 Å². The third-order valence-electron chi connectivity index (χ3n) is 3.90. The molecular formula is C19H25N3O2S. The number of hydrogen-bond donors (Lipinski definition) is 2. The molecule has 2 aromatic rings. The zero-order valence-electron chi connectivity index (χ0n) is 15.2. The Morgan fingerprint density at radius 1 is 1.20 bits per heavy atom. The van der Waals surface area contributed by atoms with Gasteiger partial charge in [0.05, 0.1) is 5.69 Å². The van der Waals surface area contributed by atoms with Crippen molar-refractivity contribution in [1.82, 2.24) is 15.6 Å². The predicted octanol–water partition coefficient (Wildman–Crippen LogP) is 3.33. The highest BCUT2D eigenvalue weighted by Gasteiger charge is 2.20. The first-order valence-electron chi connectivity index (χ1n) is 8.61. The number of rotatable bonds is 7. The van der Waals surface area contributed by atoms with E-state index in [1.807, 2.05) is 26.0 Å². The standard InChI is InChI=1S/C19H25N3O2S/c1-5-11-20-17(23)13(4)21-18(24)16-12(3)22-19(25-16)15-9-7-14(6-2)8-10-15/h7-10,13H,5-6,11H2,1-4H3,(H,20,23)(H,21,24). The van der Waals surface area contributed by atoms with Gasteiger partial charge in [0.2, 0.25) is 5.91 Å². The Balaban J connectivity index is 2.10. The molecule has 0 spiro atoms. The lowest BCUT2D eigenvalue weighted by atomic mass is 10.1. The Hall–Kier alpha value is -2.21. The average Bonchev–Trinajstić information content (AvgIpc) is 3.01. The molecule has 2 N–H and O–H groups in total. The lowest BCUT2D eigenvalue weighted by Crippen LogP contribution is -2.44. The van der Waals surface area contributed by atoms with Crippen molar-refractivity contribution in [2.75, 3.05) is 6.54 Å². The van der Waals surface area contributed by atoms with Gasteiger partial charge in [-0.05, 0) is 32.3 Å². The fraction of sp³-hybridized carbons (Fsp3) is 0.421.